The number of carbonyl (C=O) groups is 2. The molecule has 2 rings (SSSR count). The number of ether oxygens (including phenoxy) is 1. The largest absolute Gasteiger partial charge is 0.507 e. The van der Waals surface area contributed by atoms with Gasteiger partial charge in [-0.05, 0) is 30.3 Å². The molecule has 0 unspecified atom stereocenters. The Morgan fingerprint density at radius 2 is 1.84 bits per heavy atom. The summed E-state index contributed by atoms with van der Waals surface area (Å²) in [6, 6.07) is 5.44. The molecule has 0 fully saturated rings. The van der Waals surface area contributed by atoms with Crippen molar-refractivity contribution in [3.8, 4) is 11.5 Å². The van der Waals surface area contributed by atoms with Crippen LogP contribution in [0.5, 0.6) is 11.5 Å². The van der Waals surface area contributed by atoms with Crippen LogP contribution in [0.1, 0.15) is 10.4 Å². The van der Waals surface area contributed by atoms with E-state index in [1.807, 2.05) is 5.32 Å². The molecule has 0 aliphatic rings. The van der Waals surface area contributed by atoms with E-state index in [9.17, 15) is 27.9 Å². The molecule has 0 radical (unpaired) electrons. The van der Waals surface area contributed by atoms with Gasteiger partial charge in [0.25, 0.3) is 5.91 Å². The number of aromatic hydroxyl groups is 1. The molecule has 0 saturated heterocycles. The molecule has 0 spiro atoms. The molecular weight excluding hydrogens is 341 g/mol. The van der Waals surface area contributed by atoms with E-state index in [1.54, 1.807) is 0 Å². The molecule has 0 aliphatic carbocycles. The summed E-state index contributed by atoms with van der Waals surface area (Å²) in [4.78, 5) is 23.7. The number of amides is 2. The van der Waals surface area contributed by atoms with Crippen LogP contribution in [0.2, 0.25) is 0 Å². The van der Waals surface area contributed by atoms with Crippen molar-refractivity contribution in [2.24, 2.45) is 0 Å². The van der Waals surface area contributed by atoms with Crippen molar-refractivity contribution in [2.75, 3.05) is 19.0 Å². The van der Waals surface area contributed by atoms with E-state index in [0.717, 1.165) is 6.07 Å². The van der Waals surface area contributed by atoms with Crippen LogP contribution in [0, 0.1) is 17.5 Å². The summed E-state index contributed by atoms with van der Waals surface area (Å²) in [6.45, 7) is -0.589. The number of rotatable bonds is 5. The summed E-state index contributed by atoms with van der Waals surface area (Å²) < 4.78 is 44.3. The van der Waals surface area contributed by atoms with Crippen LogP contribution < -0.4 is 15.4 Å². The van der Waals surface area contributed by atoms with Gasteiger partial charge in [0.05, 0.1) is 24.9 Å². The quantitative estimate of drug-likeness (QED) is 0.719. The van der Waals surface area contributed by atoms with Gasteiger partial charge in [0.1, 0.15) is 11.5 Å². The molecule has 0 atom stereocenters. The van der Waals surface area contributed by atoms with E-state index in [1.165, 1.54) is 25.3 Å². The van der Waals surface area contributed by atoms with E-state index in [-0.39, 0.29) is 11.3 Å². The predicted octanol–water partition coefficient (Wildman–Crippen LogP) is 2.19. The number of nitrogens with one attached hydrogen (secondary N) is 2. The third-order valence-electron chi connectivity index (χ3n) is 3.17. The van der Waals surface area contributed by atoms with E-state index in [4.69, 9.17) is 4.74 Å². The number of phenolic OH excluding ortho intramolecular Hbond substituents is 1. The Morgan fingerprint density at radius 1 is 1.12 bits per heavy atom. The summed E-state index contributed by atoms with van der Waals surface area (Å²) in [6.07, 6.45) is 0. The second kappa shape index (κ2) is 7.56. The average molecular weight is 354 g/mol. The number of hydrogen-bond acceptors (Lipinski definition) is 4. The third kappa shape index (κ3) is 4.19. The number of methoxy groups -OCH3 is 1. The third-order valence-corrected chi connectivity index (χ3v) is 3.17. The van der Waals surface area contributed by atoms with Gasteiger partial charge < -0.3 is 20.5 Å². The normalized spacial score (nSPS) is 10.2. The van der Waals surface area contributed by atoms with Gasteiger partial charge in [-0.1, -0.05) is 0 Å². The standard InChI is InChI=1S/C16H13F3N2O4/c1-25-8-2-5-12(22)9(6-8)16(24)20-7-13(23)21-11-4-3-10(17)14(18)15(11)19/h2-6,22H,7H2,1H3,(H,20,24)(H,21,23). The van der Waals surface area contributed by atoms with Crippen molar-refractivity contribution in [3.63, 3.8) is 0 Å². The van der Waals surface area contributed by atoms with Crippen LogP contribution in [-0.2, 0) is 4.79 Å². The smallest absolute Gasteiger partial charge is 0.255 e. The van der Waals surface area contributed by atoms with Crippen molar-refractivity contribution in [1.29, 1.82) is 0 Å². The molecule has 0 saturated carbocycles. The lowest BCUT2D eigenvalue weighted by Crippen LogP contribution is -2.33. The Hall–Kier alpha value is -3.23. The summed E-state index contributed by atoms with van der Waals surface area (Å²) >= 11 is 0. The van der Waals surface area contributed by atoms with Crippen molar-refractivity contribution in [1.82, 2.24) is 5.32 Å². The highest BCUT2D eigenvalue weighted by molar-refractivity contribution is 6.01. The first-order valence-electron chi connectivity index (χ1n) is 6.92. The SMILES string of the molecule is COc1ccc(O)c(C(=O)NCC(=O)Nc2ccc(F)c(F)c2F)c1. The molecule has 0 bridgehead atoms. The van der Waals surface area contributed by atoms with Crippen molar-refractivity contribution < 1.29 is 32.6 Å². The molecule has 3 N–H and O–H groups in total. The van der Waals surface area contributed by atoms with Gasteiger partial charge in [-0.2, -0.15) is 0 Å². The number of halogens is 3. The molecule has 0 aromatic heterocycles. The lowest BCUT2D eigenvalue weighted by atomic mass is 10.1. The molecule has 2 aromatic carbocycles. The Balaban J connectivity index is 2.01. The molecule has 2 aromatic rings. The van der Waals surface area contributed by atoms with Gasteiger partial charge in [0.15, 0.2) is 17.5 Å². The van der Waals surface area contributed by atoms with Crippen molar-refractivity contribution in [2.45, 2.75) is 0 Å². The van der Waals surface area contributed by atoms with Gasteiger partial charge in [-0.15, -0.1) is 0 Å². The first kappa shape index (κ1) is 18.1. The van der Waals surface area contributed by atoms with Crippen LogP contribution in [-0.4, -0.2) is 30.6 Å². The van der Waals surface area contributed by atoms with E-state index in [0.29, 0.717) is 11.8 Å². The van der Waals surface area contributed by atoms with E-state index in [2.05, 4.69) is 5.32 Å². The van der Waals surface area contributed by atoms with Crippen LogP contribution in [0.15, 0.2) is 30.3 Å². The molecule has 2 amide bonds. The minimum Gasteiger partial charge on any atom is -0.507 e. The number of phenols is 1. The number of anilines is 1. The highest BCUT2D eigenvalue weighted by atomic mass is 19.2. The number of benzene rings is 2. The highest BCUT2D eigenvalue weighted by Crippen LogP contribution is 2.22. The van der Waals surface area contributed by atoms with Crippen LogP contribution >= 0.6 is 0 Å². The molecule has 6 nitrogen and oxygen atoms in total. The van der Waals surface area contributed by atoms with Crippen LogP contribution in [0.3, 0.4) is 0 Å². The fourth-order valence-corrected chi connectivity index (χ4v) is 1.90. The zero-order valence-corrected chi connectivity index (χ0v) is 12.9. The summed E-state index contributed by atoms with van der Waals surface area (Å²) in [5.74, 6) is -6.33. The topological polar surface area (TPSA) is 87.7 Å². The van der Waals surface area contributed by atoms with E-state index >= 15 is 0 Å². The molecule has 9 heteroatoms. The van der Waals surface area contributed by atoms with Crippen LogP contribution in [0.25, 0.3) is 0 Å². The van der Waals surface area contributed by atoms with Crippen LogP contribution in [0.4, 0.5) is 18.9 Å². The minimum atomic E-state index is -1.72. The van der Waals surface area contributed by atoms with E-state index < -0.39 is 41.5 Å². The summed E-state index contributed by atoms with van der Waals surface area (Å²) in [5, 5.41) is 13.9. The molecule has 132 valence electrons. The highest BCUT2D eigenvalue weighted by Gasteiger charge is 2.17. The van der Waals surface area contributed by atoms with Gasteiger partial charge in [0.2, 0.25) is 5.91 Å². The second-order valence-corrected chi connectivity index (χ2v) is 4.84. The lowest BCUT2D eigenvalue weighted by Gasteiger charge is -2.10. The predicted molar refractivity (Wildman–Crippen MR) is 81.9 cm³/mol. The van der Waals surface area contributed by atoms with Gasteiger partial charge in [0, 0.05) is 0 Å². The maximum absolute atomic E-state index is 13.5. The summed E-state index contributed by atoms with van der Waals surface area (Å²) in [7, 11) is 1.37. The fraction of sp³-hybridized carbons (Fsp3) is 0.125. The van der Waals surface area contributed by atoms with Crippen molar-refractivity contribution >= 4 is 17.5 Å². The number of carbonyl (C=O) groups excluding carboxylic acids is 2. The zero-order valence-electron chi connectivity index (χ0n) is 12.9. The molecule has 25 heavy (non-hydrogen) atoms. The Kier molecular flexibility index (Phi) is 5.48. The Morgan fingerprint density at radius 3 is 2.52 bits per heavy atom. The van der Waals surface area contributed by atoms with Gasteiger partial charge in [-0.3, -0.25) is 9.59 Å². The first-order chi connectivity index (χ1) is 11.8. The average Bonchev–Trinajstić information content (AvgIpc) is 2.60. The maximum atomic E-state index is 13.5. The Labute approximate surface area is 140 Å². The minimum absolute atomic E-state index is 0.133. The first-order valence-corrected chi connectivity index (χ1v) is 6.92. The van der Waals surface area contributed by atoms with Gasteiger partial charge >= 0.3 is 0 Å². The zero-order chi connectivity index (χ0) is 18.6. The van der Waals surface area contributed by atoms with Gasteiger partial charge in [-0.25, -0.2) is 13.2 Å². The van der Waals surface area contributed by atoms with Crippen molar-refractivity contribution in [3.05, 3.63) is 53.3 Å². The molecule has 0 aliphatic heterocycles. The second-order valence-electron chi connectivity index (χ2n) is 4.84. The fourth-order valence-electron chi connectivity index (χ4n) is 1.90. The summed E-state index contributed by atoms with van der Waals surface area (Å²) in [5.41, 5.74) is -0.700. The molecule has 0 heterocycles. The molecular formula is C16H13F3N2O4. The lowest BCUT2D eigenvalue weighted by molar-refractivity contribution is -0.115. The Bertz CT molecular complexity index is 827. The monoisotopic (exact) mass is 354 g/mol. The maximum Gasteiger partial charge on any atom is 0.255 e. The number of hydrogen-bond donors (Lipinski definition) is 3.